The molecule has 0 aliphatic heterocycles. The first kappa shape index (κ1) is 17.1. The molecule has 1 rings (SSSR count). The molecule has 0 aromatic heterocycles. The molecule has 20 heavy (non-hydrogen) atoms. The molecule has 0 amide bonds. The van der Waals surface area contributed by atoms with E-state index >= 15 is 0 Å². The van der Waals surface area contributed by atoms with Gasteiger partial charge in [-0.05, 0) is 62.3 Å². The van der Waals surface area contributed by atoms with Crippen molar-refractivity contribution in [3.8, 4) is 5.75 Å². The highest BCUT2D eigenvalue weighted by Crippen LogP contribution is 2.24. The molecule has 0 saturated heterocycles. The molecule has 2 nitrogen and oxygen atoms in total. The fourth-order valence-corrected chi connectivity index (χ4v) is 2.22. The zero-order valence-corrected chi connectivity index (χ0v) is 13.2. The van der Waals surface area contributed by atoms with Crippen LogP contribution in [0.3, 0.4) is 0 Å². The molecule has 1 unspecified atom stereocenters. The van der Waals surface area contributed by atoms with Crippen LogP contribution in [0.15, 0.2) is 30.9 Å². The third-order valence-corrected chi connectivity index (χ3v) is 3.57. The van der Waals surface area contributed by atoms with Crippen molar-refractivity contribution in [2.24, 2.45) is 5.73 Å². The summed E-state index contributed by atoms with van der Waals surface area (Å²) in [6.07, 6.45) is 8.22. The van der Waals surface area contributed by atoms with E-state index in [4.69, 9.17) is 22.1 Å². The van der Waals surface area contributed by atoms with Gasteiger partial charge in [0.1, 0.15) is 5.75 Å². The summed E-state index contributed by atoms with van der Waals surface area (Å²) in [6.45, 7) is 6.56. The van der Waals surface area contributed by atoms with Crippen LogP contribution in [0.4, 0.5) is 0 Å². The first-order chi connectivity index (χ1) is 9.67. The molecule has 2 N–H and O–H groups in total. The summed E-state index contributed by atoms with van der Waals surface area (Å²) < 4.78 is 5.88. The van der Waals surface area contributed by atoms with Gasteiger partial charge in [0.25, 0.3) is 0 Å². The first-order valence-electron chi connectivity index (χ1n) is 7.45. The number of rotatable bonds is 10. The minimum absolute atomic E-state index is 0.156. The van der Waals surface area contributed by atoms with E-state index < -0.39 is 0 Å². The second-order valence-electron chi connectivity index (χ2n) is 5.11. The van der Waals surface area contributed by atoms with Gasteiger partial charge in [-0.1, -0.05) is 24.6 Å². The van der Waals surface area contributed by atoms with Gasteiger partial charge in [-0.3, -0.25) is 0 Å². The minimum Gasteiger partial charge on any atom is -0.493 e. The molecule has 1 aromatic rings. The smallest absolute Gasteiger partial charge is 0.122 e. The molecule has 1 atom stereocenters. The maximum absolute atomic E-state index is 6.06. The third kappa shape index (κ3) is 6.44. The Balaban J connectivity index is 2.49. The Hall–Kier alpha value is -0.990. The summed E-state index contributed by atoms with van der Waals surface area (Å²) in [5.41, 5.74) is 7.13. The Morgan fingerprint density at radius 2 is 2.15 bits per heavy atom. The quantitative estimate of drug-likeness (QED) is 0.499. The molecular formula is C17H26ClNO. The van der Waals surface area contributed by atoms with Crippen molar-refractivity contribution in [1.29, 1.82) is 0 Å². The summed E-state index contributed by atoms with van der Waals surface area (Å²) in [5.74, 6) is 0.919. The lowest BCUT2D eigenvalue weighted by atomic mass is 10.0. The summed E-state index contributed by atoms with van der Waals surface area (Å²) in [5, 5.41) is 0.738. The number of ether oxygens (including phenoxy) is 1. The zero-order chi connectivity index (χ0) is 14.8. The van der Waals surface area contributed by atoms with E-state index in [2.05, 4.69) is 13.5 Å². The van der Waals surface area contributed by atoms with Crippen LogP contribution >= 0.6 is 11.6 Å². The van der Waals surface area contributed by atoms with Gasteiger partial charge in [0.15, 0.2) is 0 Å². The summed E-state index contributed by atoms with van der Waals surface area (Å²) >= 11 is 6.06. The van der Waals surface area contributed by atoms with Crippen LogP contribution in [-0.4, -0.2) is 12.6 Å². The predicted molar refractivity (Wildman–Crippen MR) is 87.6 cm³/mol. The van der Waals surface area contributed by atoms with Gasteiger partial charge in [0, 0.05) is 11.1 Å². The van der Waals surface area contributed by atoms with Crippen molar-refractivity contribution in [2.45, 2.75) is 51.5 Å². The van der Waals surface area contributed by atoms with Crippen LogP contribution in [0.1, 0.15) is 44.6 Å². The Bertz CT molecular complexity index is 406. The summed E-state index contributed by atoms with van der Waals surface area (Å²) in [4.78, 5) is 0. The van der Waals surface area contributed by atoms with Crippen molar-refractivity contribution >= 4 is 11.6 Å². The zero-order valence-electron chi connectivity index (χ0n) is 12.4. The second-order valence-corrected chi connectivity index (χ2v) is 5.55. The lowest BCUT2D eigenvalue weighted by molar-refractivity contribution is 0.302. The van der Waals surface area contributed by atoms with Gasteiger partial charge < -0.3 is 10.5 Å². The highest BCUT2D eigenvalue weighted by Gasteiger charge is 2.09. The van der Waals surface area contributed by atoms with Gasteiger partial charge in [-0.15, -0.1) is 6.58 Å². The van der Waals surface area contributed by atoms with Gasteiger partial charge in [0.2, 0.25) is 0 Å². The van der Waals surface area contributed by atoms with Crippen LogP contribution in [0.25, 0.3) is 0 Å². The molecular weight excluding hydrogens is 270 g/mol. The lowest BCUT2D eigenvalue weighted by Crippen LogP contribution is -2.21. The average molecular weight is 296 g/mol. The summed E-state index contributed by atoms with van der Waals surface area (Å²) in [6, 6.07) is 5.94. The fraction of sp³-hybridized carbons (Fsp3) is 0.529. The van der Waals surface area contributed by atoms with E-state index in [1.165, 1.54) is 12.8 Å². The highest BCUT2D eigenvalue weighted by atomic mass is 35.5. The van der Waals surface area contributed by atoms with Crippen LogP contribution in [-0.2, 0) is 6.42 Å². The molecule has 0 bridgehead atoms. The molecule has 112 valence electrons. The van der Waals surface area contributed by atoms with E-state index in [9.17, 15) is 0 Å². The Morgan fingerprint density at radius 1 is 1.35 bits per heavy atom. The number of unbranched alkanes of at least 4 members (excludes halogenated alkanes) is 3. The number of nitrogens with two attached hydrogens (primary N) is 1. The van der Waals surface area contributed by atoms with E-state index in [-0.39, 0.29) is 6.04 Å². The van der Waals surface area contributed by atoms with Gasteiger partial charge in [-0.25, -0.2) is 0 Å². The van der Waals surface area contributed by atoms with Gasteiger partial charge in [-0.2, -0.15) is 0 Å². The number of hydrogen-bond donors (Lipinski definition) is 1. The summed E-state index contributed by atoms with van der Waals surface area (Å²) in [7, 11) is 0. The molecule has 0 saturated carbocycles. The molecule has 0 aliphatic rings. The van der Waals surface area contributed by atoms with E-state index in [0.717, 1.165) is 48.6 Å². The molecule has 3 heteroatoms. The van der Waals surface area contributed by atoms with Crippen LogP contribution < -0.4 is 10.5 Å². The Labute approximate surface area is 128 Å². The van der Waals surface area contributed by atoms with Gasteiger partial charge in [0.05, 0.1) is 6.61 Å². The minimum atomic E-state index is 0.156. The molecule has 0 aliphatic carbocycles. The maximum atomic E-state index is 6.06. The number of allylic oxidation sites excluding steroid dienone is 1. The lowest BCUT2D eigenvalue weighted by Gasteiger charge is -2.15. The molecule has 1 aromatic carbocycles. The van der Waals surface area contributed by atoms with Crippen LogP contribution in [0.2, 0.25) is 5.02 Å². The molecule has 0 heterocycles. The van der Waals surface area contributed by atoms with Crippen molar-refractivity contribution in [3.63, 3.8) is 0 Å². The second kappa shape index (κ2) is 9.84. The number of halogens is 1. The van der Waals surface area contributed by atoms with Gasteiger partial charge >= 0.3 is 0 Å². The predicted octanol–water partition coefficient (Wildman–Crippen LogP) is 4.75. The van der Waals surface area contributed by atoms with Crippen molar-refractivity contribution < 1.29 is 4.74 Å². The monoisotopic (exact) mass is 295 g/mol. The van der Waals surface area contributed by atoms with Crippen molar-refractivity contribution in [3.05, 3.63) is 41.4 Å². The maximum Gasteiger partial charge on any atom is 0.122 e. The Morgan fingerprint density at radius 3 is 2.85 bits per heavy atom. The van der Waals surface area contributed by atoms with Crippen molar-refractivity contribution in [2.75, 3.05) is 6.61 Å². The average Bonchev–Trinajstić information content (AvgIpc) is 2.44. The van der Waals surface area contributed by atoms with E-state index in [1.807, 2.05) is 24.3 Å². The normalized spacial score (nSPS) is 12.2. The van der Waals surface area contributed by atoms with Crippen molar-refractivity contribution in [1.82, 2.24) is 0 Å². The topological polar surface area (TPSA) is 35.2 Å². The molecule has 0 radical (unpaired) electrons. The van der Waals surface area contributed by atoms with E-state index in [1.54, 1.807) is 0 Å². The highest BCUT2D eigenvalue weighted by molar-refractivity contribution is 6.30. The molecule has 0 spiro atoms. The standard InChI is InChI=1S/C17H26ClNO/c1-3-5-6-7-8-11-20-17-10-9-15(18)12-14(17)13-16(19)4-2/h3,9-10,12,16H,1,4-8,11,13,19H2,2H3. The number of benzene rings is 1. The van der Waals surface area contributed by atoms with E-state index in [0.29, 0.717) is 0 Å². The largest absolute Gasteiger partial charge is 0.493 e. The number of hydrogen-bond acceptors (Lipinski definition) is 2. The van der Waals surface area contributed by atoms with Crippen LogP contribution in [0, 0.1) is 0 Å². The Kier molecular flexibility index (Phi) is 8.40. The SMILES string of the molecule is C=CCCCCCOc1ccc(Cl)cc1CC(N)CC. The fourth-order valence-electron chi connectivity index (χ4n) is 2.02. The first-order valence-corrected chi connectivity index (χ1v) is 7.82. The van der Waals surface area contributed by atoms with Crippen LogP contribution in [0.5, 0.6) is 5.75 Å². The molecule has 0 fully saturated rings. The third-order valence-electron chi connectivity index (χ3n) is 3.34.